The first-order valence-electron chi connectivity index (χ1n) is 8.58. The third kappa shape index (κ3) is 1.97. The molecule has 1 aliphatic rings. The Balaban J connectivity index is 1.85. The van der Waals surface area contributed by atoms with Gasteiger partial charge < -0.3 is 0 Å². The number of rotatable bonds is 2. The number of hydrogen-bond donors (Lipinski definition) is 2. The lowest BCUT2D eigenvalue weighted by Gasteiger charge is -2.15. The molecular weight excluding hydrogens is 298 g/mol. The predicted molar refractivity (Wildman–Crippen MR) is 94.9 cm³/mol. The van der Waals surface area contributed by atoms with Crippen molar-refractivity contribution in [2.45, 2.75) is 38.5 Å². The fourth-order valence-corrected chi connectivity index (χ4v) is 4.09. The van der Waals surface area contributed by atoms with Crippen LogP contribution in [-0.4, -0.2) is 25.4 Å². The van der Waals surface area contributed by atoms with Gasteiger partial charge in [0.05, 0.1) is 29.1 Å². The van der Waals surface area contributed by atoms with E-state index in [0.29, 0.717) is 5.92 Å². The lowest BCUT2D eigenvalue weighted by atomic mass is 9.91. The van der Waals surface area contributed by atoms with Crippen molar-refractivity contribution in [1.82, 2.24) is 25.4 Å². The maximum Gasteiger partial charge on any atom is 0.0746 e. The highest BCUT2D eigenvalue weighted by Crippen LogP contribution is 2.41. The summed E-state index contributed by atoms with van der Waals surface area (Å²) in [6, 6.07) is 6.46. The molecule has 1 aliphatic carbocycles. The van der Waals surface area contributed by atoms with Crippen LogP contribution in [0.4, 0.5) is 0 Å². The minimum absolute atomic E-state index is 0.613. The Labute approximate surface area is 139 Å². The number of pyridine rings is 1. The number of nitrogens with one attached hydrogen (secondary N) is 2. The predicted octanol–water partition coefficient (Wildman–Crippen LogP) is 4.47. The van der Waals surface area contributed by atoms with Crippen molar-refractivity contribution in [2.24, 2.45) is 0 Å². The van der Waals surface area contributed by atoms with Crippen molar-refractivity contribution in [1.29, 1.82) is 0 Å². The number of hydrogen-bond acceptors (Lipinski definition) is 3. The average molecular weight is 317 g/mol. The van der Waals surface area contributed by atoms with E-state index in [1.54, 1.807) is 0 Å². The smallest absolute Gasteiger partial charge is 0.0746 e. The summed E-state index contributed by atoms with van der Waals surface area (Å²) >= 11 is 0. The first kappa shape index (κ1) is 13.7. The zero-order valence-corrected chi connectivity index (χ0v) is 13.6. The molecule has 5 rings (SSSR count). The summed E-state index contributed by atoms with van der Waals surface area (Å²) in [6.07, 6.45) is 8.96. The highest BCUT2D eigenvalue weighted by molar-refractivity contribution is 6.07. The van der Waals surface area contributed by atoms with Gasteiger partial charge in [0, 0.05) is 22.0 Å². The Morgan fingerprint density at radius 1 is 1.04 bits per heavy atom. The van der Waals surface area contributed by atoms with Crippen LogP contribution in [0.5, 0.6) is 0 Å². The molecule has 0 bridgehead atoms. The second kappa shape index (κ2) is 5.16. The number of nitrogens with zero attached hydrogens (tertiary/aromatic N) is 3. The molecule has 5 heteroatoms. The van der Waals surface area contributed by atoms with Gasteiger partial charge in [-0.15, -0.1) is 0 Å². The van der Waals surface area contributed by atoms with Crippen LogP contribution in [0.25, 0.3) is 33.1 Å². The van der Waals surface area contributed by atoms with Crippen molar-refractivity contribution in [2.75, 3.05) is 0 Å². The summed E-state index contributed by atoms with van der Waals surface area (Å²) in [5.74, 6) is 0.613. The monoisotopic (exact) mass is 317 g/mol. The van der Waals surface area contributed by atoms with Crippen molar-refractivity contribution in [3.8, 4) is 11.3 Å². The van der Waals surface area contributed by atoms with E-state index >= 15 is 0 Å². The van der Waals surface area contributed by atoms with Gasteiger partial charge in [0.1, 0.15) is 0 Å². The summed E-state index contributed by atoms with van der Waals surface area (Å²) in [7, 11) is 0. The van der Waals surface area contributed by atoms with E-state index in [9.17, 15) is 0 Å². The molecule has 24 heavy (non-hydrogen) atoms. The maximum absolute atomic E-state index is 4.94. The summed E-state index contributed by atoms with van der Waals surface area (Å²) < 4.78 is 0. The number of benzene rings is 1. The van der Waals surface area contributed by atoms with Gasteiger partial charge in [0.2, 0.25) is 0 Å². The van der Waals surface area contributed by atoms with Crippen LogP contribution in [0, 0.1) is 6.92 Å². The van der Waals surface area contributed by atoms with Gasteiger partial charge >= 0.3 is 0 Å². The average Bonchev–Trinajstić information content (AvgIpc) is 3.34. The Morgan fingerprint density at radius 2 is 1.88 bits per heavy atom. The Kier molecular flexibility index (Phi) is 2.95. The molecule has 2 N–H and O–H groups in total. The van der Waals surface area contributed by atoms with Crippen LogP contribution in [0.3, 0.4) is 0 Å². The first-order chi connectivity index (χ1) is 11.8. The molecule has 0 saturated heterocycles. The number of aromatic nitrogens is 5. The normalized spacial score (nSPS) is 15.7. The fraction of sp³-hybridized carbons (Fsp3) is 0.316. The second-order valence-electron chi connectivity index (χ2n) is 6.78. The molecule has 1 fully saturated rings. The molecule has 5 nitrogen and oxygen atoms in total. The second-order valence-corrected chi connectivity index (χ2v) is 6.78. The molecule has 1 saturated carbocycles. The minimum atomic E-state index is 0.613. The van der Waals surface area contributed by atoms with Crippen LogP contribution in [0.1, 0.15) is 42.9 Å². The van der Waals surface area contributed by atoms with Crippen molar-refractivity contribution < 1.29 is 0 Å². The fourth-order valence-electron chi connectivity index (χ4n) is 4.09. The van der Waals surface area contributed by atoms with Gasteiger partial charge in [-0.2, -0.15) is 10.2 Å². The largest absolute Gasteiger partial charge is 0.282 e. The van der Waals surface area contributed by atoms with E-state index in [0.717, 1.165) is 28.0 Å². The van der Waals surface area contributed by atoms with Gasteiger partial charge in [0.15, 0.2) is 0 Å². The first-order valence-corrected chi connectivity index (χ1v) is 8.58. The summed E-state index contributed by atoms with van der Waals surface area (Å²) in [5.41, 5.74) is 6.70. The van der Waals surface area contributed by atoms with E-state index in [-0.39, 0.29) is 0 Å². The van der Waals surface area contributed by atoms with E-state index in [4.69, 9.17) is 4.98 Å². The SMILES string of the molecule is Cc1[nH]ncc1-c1cc(C2CCCC2)c2c(ccc3[nH]ncc32)n1. The molecule has 0 radical (unpaired) electrons. The van der Waals surface area contributed by atoms with Crippen molar-refractivity contribution in [3.63, 3.8) is 0 Å². The molecule has 3 heterocycles. The molecule has 0 unspecified atom stereocenters. The molecule has 0 spiro atoms. The van der Waals surface area contributed by atoms with E-state index in [2.05, 4.69) is 38.6 Å². The van der Waals surface area contributed by atoms with Gasteiger partial charge in [-0.05, 0) is 49.4 Å². The lowest BCUT2D eigenvalue weighted by molar-refractivity contribution is 0.729. The summed E-state index contributed by atoms with van der Waals surface area (Å²) in [6.45, 7) is 2.04. The Hall–Kier alpha value is -2.69. The molecular formula is C19H19N5. The molecule has 4 aromatic rings. The molecule has 0 amide bonds. The van der Waals surface area contributed by atoms with Gasteiger partial charge in [0.25, 0.3) is 0 Å². The number of aromatic amines is 2. The molecule has 1 aromatic carbocycles. The van der Waals surface area contributed by atoms with E-state index in [1.807, 2.05) is 19.3 Å². The van der Waals surface area contributed by atoms with E-state index < -0.39 is 0 Å². The van der Waals surface area contributed by atoms with Gasteiger partial charge in [-0.1, -0.05) is 12.8 Å². The Morgan fingerprint density at radius 3 is 2.67 bits per heavy atom. The van der Waals surface area contributed by atoms with Crippen LogP contribution in [0.15, 0.2) is 30.6 Å². The Bertz CT molecular complexity index is 1040. The number of H-pyrrole nitrogens is 2. The lowest BCUT2D eigenvalue weighted by Crippen LogP contribution is -1.98. The van der Waals surface area contributed by atoms with Crippen molar-refractivity contribution in [3.05, 3.63) is 41.9 Å². The molecule has 120 valence electrons. The molecule has 0 atom stereocenters. The topological polar surface area (TPSA) is 70.2 Å². The number of fused-ring (bicyclic) bond motifs is 3. The quantitative estimate of drug-likeness (QED) is 0.573. The summed E-state index contributed by atoms with van der Waals surface area (Å²) in [4.78, 5) is 4.94. The van der Waals surface area contributed by atoms with Crippen LogP contribution in [-0.2, 0) is 0 Å². The van der Waals surface area contributed by atoms with Crippen LogP contribution < -0.4 is 0 Å². The summed E-state index contributed by atoms with van der Waals surface area (Å²) in [5, 5.41) is 17.0. The minimum Gasteiger partial charge on any atom is -0.282 e. The third-order valence-corrected chi connectivity index (χ3v) is 5.32. The molecule has 3 aromatic heterocycles. The zero-order valence-electron chi connectivity index (χ0n) is 13.6. The van der Waals surface area contributed by atoms with E-state index in [1.165, 1.54) is 42.0 Å². The standard InChI is InChI=1S/C19H19N5/c1-11-14(9-20-23-11)18-8-13(12-4-2-3-5-12)19-15-10-21-24-16(15)6-7-17(19)22-18/h6-10,12H,2-5H2,1H3,(H,20,23)(H,21,24). The zero-order chi connectivity index (χ0) is 16.1. The maximum atomic E-state index is 4.94. The highest BCUT2D eigenvalue weighted by Gasteiger charge is 2.22. The molecule has 0 aliphatic heterocycles. The number of aryl methyl sites for hydroxylation is 1. The van der Waals surface area contributed by atoms with Crippen molar-refractivity contribution >= 4 is 21.8 Å². The van der Waals surface area contributed by atoms with Crippen LogP contribution >= 0.6 is 0 Å². The third-order valence-electron chi connectivity index (χ3n) is 5.32. The van der Waals surface area contributed by atoms with Gasteiger partial charge in [-0.25, -0.2) is 4.98 Å². The highest BCUT2D eigenvalue weighted by atomic mass is 15.1. The van der Waals surface area contributed by atoms with Crippen LogP contribution in [0.2, 0.25) is 0 Å². The van der Waals surface area contributed by atoms with Gasteiger partial charge in [-0.3, -0.25) is 10.2 Å².